The summed E-state index contributed by atoms with van der Waals surface area (Å²) in [6, 6.07) is 0. The van der Waals surface area contributed by atoms with E-state index in [-0.39, 0.29) is 12.3 Å². The predicted octanol–water partition coefficient (Wildman–Crippen LogP) is 3.82. The molecule has 1 fully saturated rings. The summed E-state index contributed by atoms with van der Waals surface area (Å²) in [6.45, 7) is 2.87. The molecule has 0 radical (unpaired) electrons. The lowest BCUT2D eigenvalue weighted by Gasteiger charge is -2.29. The van der Waals surface area contributed by atoms with Crippen molar-refractivity contribution in [2.45, 2.75) is 38.6 Å². The molecule has 0 spiro atoms. The quantitative estimate of drug-likeness (QED) is 0.759. The lowest BCUT2D eigenvalue weighted by molar-refractivity contribution is -0.160. The van der Waals surface area contributed by atoms with Crippen molar-refractivity contribution in [2.24, 2.45) is 11.8 Å². The van der Waals surface area contributed by atoms with Gasteiger partial charge in [0.1, 0.15) is 6.23 Å². The third kappa shape index (κ3) is 3.86. The van der Waals surface area contributed by atoms with E-state index in [1.54, 1.807) is 6.08 Å². The first-order chi connectivity index (χ1) is 9.32. The molecule has 2 atom stereocenters. The van der Waals surface area contributed by atoms with Crippen molar-refractivity contribution in [3.63, 3.8) is 0 Å². The van der Waals surface area contributed by atoms with Gasteiger partial charge in [0.15, 0.2) is 0 Å². The molecule has 2 aliphatic rings. The Morgan fingerprint density at radius 3 is 2.60 bits per heavy atom. The van der Waals surface area contributed by atoms with Crippen LogP contribution in [0.3, 0.4) is 0 Å². The molecule has 2 nitrogen and oxygen atoms in total. The van der Waals surface area contributed by atoms with Gasteiger partial charge in [0.2, 0.25) is 0 Å². The van der Waals surface area contributed by atoms with Crippen molar-refractivity contribution in [1.82, 2.24) is 4.90 Å². The van der Waals surface area contributed by atoms with Crippen LogP contribution in [-0.2, 0) is 0 Å². The van der Waals surface area contributed by atoms with Crippen molar-refractivity contribution in [3.8, 4) is 0 Å². The fraction of sp³-hybridized carbons (Fsp3) is 0.714. The van der Waals surface area contributed by atoms with E-state index in [0.29, 0.717) is 23.1 Å². The first-order valence-electron chi connectivity index (χ1n) is 6.88. The second kappa shape index (κ2) is 6.20. The van der Waals surface area contributed by atoms with Crippen molar-refractivity contribution in [3.05, 3.63) is 22.2 Å². The zero-order valence-electron chi connectivity index (χ0n) is 11.3. The first kappa shape index (κ1) is 16.0. The molecule has 0 bridgehead atoms. The second-order valence-corrected chi connectivity index (χ2v) is 6.30. The minimum absolute atomic E-state index is 0.0229. The van der Waals surface area contributed by atoms with Gasteiger partial charge in [-0.05, 0) is 37.3 Å². The number of hydrogen-bond donors (Lipinski definition) is 1. The maximum atomic E-state index is 12.8. The molecular weight excluding hydrogens is 335 g/mol. The molecule has 1 saturated carbocycles. The molecular formula is C14H19BrF3NO. The summed E-state index contributed by atoms with van der Waals surface area (Å²) < 4.78 is 39.1. The molecule has 2 aliphatic carbocycles. The van der Waals surface area contributed by atoms with E-state index in [9.17, 15) is 18.3 Å². The Bertz CT molecular complexity index is 415. The van der Waals surface area contributed by atoms with Crippen molar-refractivity contribution >= 4 is 15.9 Å². The molecule has 0 aliphatic heterocycles. The maximum Gasteiger partial charge on any atom is 0.395 e. The van der Waals surface area contributed by atoms with Gasteiger partial charge >= 0.3 is 6.18 Å². The van der Waals surface area contributed by atoms with Crippen LogP contribution >= 0.6 is 15.9 Å². The van der Waals surface area contributed by atoms with E-state index < -0.39 is 18.3 Å². The molecule has 1 N–H and O–H groups in total. The van der Waals surface area contributed by atoms with Crippen LogP contribution in [0.2, 0.25) is 0 Å². The van der Waals surface area contributed by atoms with E-state index in [2.05, 4.69) is 15.9 Å². The molecule has 20 heavy (non-hydrogen) atoms. The van der Waals surface area contributed by atoms with Crippen LogP contribution in [-0.4, -0.2) is 35.5 Å². The predicted molar refractivity (Wildman–Crippen MR) is 75.2 cm³/mol. The highest BCUT2D eigenvalue weighted by atomic mass is 79.9. The van der Waals surface area contributed by atoms with Crippen LogP contribution in [0.5, 0.6) is 0 Å². The van der Waals surface area contributed by atoms with Crippen LogP contribution in [0.4, 0.5) is 13.2 Å². The third-order valence-electron chi connectivity index (χ3n) is 3.88. The number of allylic oxidation sites excluding steroid dienone is 2. The van der Waals surface area contributed by atoms with E-state index in [0.717, 1.165) is 12.8 Å². The number of rotatable bonds is 5. The maximum absolute atomic E-state index is 12.8. The van der Waals surface area contributed by atoms with E-state index in [4.69, 9.17) is 0 Å². The zero-order chi connectivity index (χ0) is 14.9. The second-order valence-electron chi connectivity index (χ2n) is 5.44. The summed E-state index contributed by atoms with van der Waals surface area (Å²) in [5, 5.41) is 10.1. The smallest absolute Gasteiger partial charge is 0.378 e. The lowest BCUT2D eigenvalue weighted by Crippen LogP contribution is -2.38. The molecule has 0 aromatic carbocycles. The Balaban J connectivity index is 2.08. The monoisotopic (exact) mass is 353 g/mol. The molecule has 114 valence electrons. The van der Waals surface area contributed by atoms with Gasteiger partial charge in [-0.25, -0.2) is 0 Å². The van der Waals surface area contributed by atoms with Crippen LogP contribution < -0.4 is 0 Å². The fourth-order valence-corrected chi connectivity index (χ4v) is 2.86. The Kier molecular flexibility index (Phi) is 4.97. The summed E-state index contributed by atoms with van der Waals surface area (Å²) in [5.41, 5.74) is 0.611. The average molecular weight is 354 g/mol. The number of aliphatic hydroxyl groups excluding tert-OH is 1. The largest absolute Gasteiger partial charge is 0.395 e. The van der Waals surface area contributed by atoms with Gasteiger partial charge in [0, 0.05) is 11.0 Å². The molecule has 0 saturated heterocycles. The number of aliphatic hydroxyl groups is 1. The van der Waals surface area contributed by atoms with E-state index in [1.165, 1.54) is 6.08 Å². The van der Waals surface area contributed by atoms with Crippen LogP contribution in [0.25, 0.3) is 0 Å². The average Bonchev–Trinajstić information content (AvgIpc) is 3.19. The van der Waals surface area contributed by atoms with Gasteiger partial charge in [-0.15, -0.1) is 0 Å². The van der Waals surface area contributed by atoms with Crippen LogP contribution in [0, 0.1) is 11.8 Å². The Labute approximate surface area is 125 Å². The summed E-state index contributed by atoms with van der Waals surface area (Å²) in [4.78, 5) is 1.83. The Hall–Kier alpha value is -0.330. The SMILES string of the molecule is CCN(CC1=CC(C(F)(F)F)CC=C1Br)C(O)C1CC1. The normalized spacial score (nSPS) is 25.4. The van der Waals surface area contributed by atoms with Gasteiger partial charge in [0.25, 0.3) is 0 Å². The molecule has 0 aromatic rings. The number of hydrogen-bond acceptors (Lipinski definition) is 2. The van der Waals surface area contributed by atoms with Gasteiger partial charge in [0.05, 0.1) is 5.92 Å². The Morgan fingerprint density at radius 1 is 1.45 bits per heavy atom. The van der Waals surface area contributed by atoms with Crippen molar-refractivity contribution in [2.75, 3.05) is 13.1 Å². The van der Waals surface area contributed by atoms with Gasteiger partial charge < -0.3 is 5.11 Å². The Morgan fingerprint density at radius 2 is 2.10 bits per heavy atom. The van der Waals surface area contributed by atoms with E-state index >= 15 is 0 Å². The minimum atomic E-state index is -4.21. The standard InChI is InChI=1S/C14H19BrF3NO/c1-2-19(13(20)9-3-4-9)8-10-7-11(14(16,17)18)5-6-12(10)15/h6-7,9,11,13,20H,2-5,8H2,1H3. The topological polar surface area (TPSA) is 23.5 Å². The van der Waals surface area contributed by atoms with Gasteiger partial charge in [-0.3, -0.25) is 4.90 Å². The van der Waals surface area contributed by atoms with Gasteiger partial charge in [-0.2, -0.15) is 13.2 Å². The number of nitrogens with zero attached hydrogens (tertiary/aromatic N) is 1. The first-order valence-corrected chi connectivity index (χ1v) is 7.67. The molecule has 0 aromatic heterocycles. The number of likely N-dealkylation sites (N-methyl/N-ethyl adjacent to an activating group) is 1. The zero-order valence-corrected chi connectivity index (χ0v) is 12.9. The van der Waals surface area contributed by atoms with Gasteiger partial charge in [-0.1, -0.05) is 35.0 Å². The number of halogens is 4. The lowest BCUT2D eigenvalue weighted by atomic mass is 9.95. The summed E-state index contributed by atoms with van der Waals surface area (Å²) in [7, 11) is 0. The summed E-state index contributed by atoms with van der Waals surface area (Å²) in [6.07, 6.45) is 0.0778. The highest BCUT2D eigenvalue weighted by Crippen LogP contribution is 2.38. The van der Waals surface area contributed by atoms with Crippen molar-refractivity contribution < 1.29 is 18.3 Å². The summed E-state index contributed by atoms with van der Waals surface area (Å²) >= 11 is 3.33. The molecule has 0 amide bonds. The molecule has 2 unspecified atom stereocenters. The number of alkyl halides is 3. The summed E-state index contributed by atoms with van der Waals surface area (Å²) in [5.74, 6) is -1.14. The van der Waals surface area contributed by atoms with Crippen molar-refractivity contribution in [1.29, 1.82) is 0 Å². The fourth-order valence-electron chi connectivity index (χ4n) is 2.41. The minimum Gasteiger partial charge on any atom is -0.378 e. The molecule has 0 heterocycles. The van der Waals surface area contributed by atoms with E-state index in [1.807, 2.05) is 11.8 Å². The third-order valence-corrected chi connectivity index (χ3v) is 4.71. The highest BCUT2D eigenvalue weighted by Gasteiger charge is 2.39. The molecule has 2 rings (SSSR count). The van der Waals surface area contributed by atoms with Crippen LogP contribution in [0.15, 0.2) is 22.2 Å². The highest BCUT2D eigenvalue weighted by molar-refractivity contribution is 9.12. The molecule has 6 heteroatoms. The van der Waals surface area contributed by atoms with Crippen LogP contribution in [0.1, 0.15) is 26.2 Å².